The van der Waals surface area contributed by atoms with E-state index in [0.29, 0.717) is 0 Å². The van der Waals surface area contributed by atoms with E-state index in [-0.39, 0.29) is 11.2 Å². The minimum Gasteiger partial charge on any atom is -0.357 e. The zero-order chi connectivity index (χ0) is 16.2. The van der Waals surface area contributed by atoms with Gasteiger partial charge in [0.05, 0.1) is 11.2 Å². The molecule has 0 atom stereocenters. The highest BCUT2D eigenvalue weighted by molar-refractivity contribution is 5.19. The molecule has 0 fully saturated rings. The van der Waals surface area contributed by atoms with E-state index >= 15 is 0 Å². The molecule has 0 rings (SSSR count). The average Bonchev–Trinajstić information content (AvgIpc) is 2.24. The second-order valence-electron chi connectivity index (χ2n) is 7.70. The van der Waals surface area contributed by atoms with Crippen molar-refractivity contribution in [2.75, 3.05) is 0 Å². The lowest BCUT2D eigenvalue weighted by molar-refractivity contribution is -0.0992. The molecule has 0 saturated heterocycles. The second-order valence-corrected chi connectivity index (χ2v) is 7.70. The number of ether oxygens (including phenoxy) is 2. The highest BCUT2D eigenvalue weighted by Gasteiger charge is 2.29. The van der Waals surface area contributed by atoms with Crippen molar-refractivity contribution in [1.82, 2.24) is 0 Å². The summed E-state index contributed by atoms with van der Waals surface area (Å²) in [5.74, 6) is 6.48. The molecule has 0 aliphatic rings. The lowest BCUT2D eigenvalue weighted by atomic mass is 10.0. The van der Waals surface area contributed by atoms with Gasteiger partial charge in [0.2, 0.25) is 0 Å². The molecule has 0 spiro atoms. The molecule has 0 saturated carbocycles. The number of hydrogen-bond donors (Lipinski definition) is 0. The van der Waals surface area contributed by atoms with E-state index in [2.05, 4.69) is 53.4 Å². The van der Waals surface area contributed by atoms with Gasteiger partial charge in [-0.2, -0.15) is 0 Å². The lowest BCUT2D eigenvalue weighted by Crippen LogP contribution is -2.38. The maximum Gasteiger partial charge on any atom is 0.123 e. The maximum absolute atomic E-state index is 6.10. The summed E-state index contributed by atoms with van der Waals surface area (Å²) in [6.45, 7) is 20.7. The maximum atomic E-state index is 6.10. The van der Waals surface area contributed by atoms with Crippen molar-refractivity contribution in [2.45, 2.75) is 104 Å². The van der Waals surface area contributed by atoms with Crippen molar-refractivity contribution in [3.8, 4) is 11.8 Å². The van der Waals surface area contributed by atoms with Crippen molar-refractivity contribution in [3.63, 3.8) is 0 Å². The third-order valence-electron chi connectivity index (χ3n) is 3.43. The van der Waals surface area contributed by atoms with Crippen LogP contribution in [-0.2, 0) is 9.47 Å². The minimum atomic E-state index is -0.476. The third kappa shape index (κ3) is 7.92. The Kier molecular flexibility index (Phi) is 6.33. The first kappa shape index (κ1) is 19.5. The first-order chi connectivity index (χ1) is 8.74. The molecule has 118 valence electrons. The Balaban J connectivity index is 4.94. The smallest absolute Gasteiger partial charge is 0.123 e. The van der Waals surface area contributed by atoms with Crippen molar-refractivity contribution >= 4 is 0 Å². The molecule has 0 aliphatic carbocycles. The van der Waals surface area contributed by atoms with Gasteiger partial charge in [-0.3, -0.25) is 0 Å². The molecule has 0 aromatic rings. The van der Waals surface area contributed by atoms with E-state index in [0.717, 1.165) is 12.8 Å². The van der Waals surface area contributed by atoms with Crippen LogP contribution in [0.25, 0.3) is 0 Å². The van der Waals surface area contributed by atoms with Crippen molar-refractivity contribution in [3.05, 3.63) is 0 Å². The summed E-state index contributed by atoms with van der Waals surface area (Å²) in [7, 11) is 0. The summed E-state index contributed by atoms with van der Waals surface area (Å²) in [4.78, 5) is 0. The second kappa shape index (κ2) is 6.50. The molecule has 0 aliphatic heterocycles. The van der Waals surface area contributed by atoms with Gasteiger partial charge >= 0.3 is 0 Å². The Labute approximate surface area is 126 Å². The molecule has 0 amide bonds. The lowest BCUT2D eigenvalue weighted by Gasteiger charge is -2.34. The fraction of sp³-hybridized carbons (Fsp3) is 0.889. The van der Waals surface area contributed by atoms with Crippen LogP contribution in [0, 0.1) is 11.8 Å². The van der Waals surface area contributed by atoms with E-state index < -0.39 is 11.2 Å². The predicted octanol–water partition coefficient (Wildman–Crippen LogP) is 4.96. The summed E-state index contributed by atoms with van der Waals surface area (Å²) >= 11 is 0. The Bertz CT molecular complexity index is 331. The first-order valence-electron chi connectivity index (χ1n) is 7.69. The van der Waals surface area contributed by atoms with Gasteiger partial charge in [0.15, 0.2) is 0 Å². The van der Waals surface area contributed by atoms with Crippen molar-refractivity contribution in [2.24, 2.45) is 0 Å². The topological polar surface area (TPSA) is 18.5 Å². The van der Waals surface area contributed by atoms with E-state index in [4.69, 9.17) is 9.47 Å². The zero-order valence-electron chi connectivity index (χ0n) is 15.2. The fourth-order valence-electron chi connectivity index (χ4n) is 1.88. The third-order valence-corrected chi connectivity index (χ3v) is 3.43. The van der Waals surface area contributed by atoms with Crippen LogP contribution >= 0.6 is 0 Å². The Hall–Kier alpha value is -0.520. The molecule has 0 bridgehead atoms. The van der Waals surface area contributed by atoms with Gasteiger partial charge in [-0.1, -0.05) is 25.7 Å². The van der Waals surface area contributed by atoms with Crippen LogP contribution in [0.5, 0.6) is 0 Å². The molecule has 0 aromatic carbocycles. The summed E-state index contributed by atoms with van der Waals surface area (Å²) in [6, 6.07) is 0. The first-order valence-corrected chi connectivity index (χ1v) is 7.69. The van der Waals surface area contributed by atoms with Crippen LogP contribution in [0.3, 0.4) is 0 Å². The van der Waals surface area contributed by atoms with E-state index in [1.54, 1.807) is 0 Å². The Morgan fingerprint density at radius 2 is 0.850 bits per heavy atom. The van der Waals surface area contributed by atoms with E-state index in [9.17, 15) is 0 Å². The Morgan fingerprint density at radius 1 is 0.600 bits per heavy atom. The van der Waals surface area contributed by atoms with Crippen LogP contribution in [0.15, 0.2) is 0 Å². The molecule has 0 unspecified atom stereocenters. The number of hydrogen-bond acceptors (Lipinski definition) is 2. The predicted molar refractivity (Wildman–Crippen MR) is 86.8 cm³/mol. The summed E-state index contributed by atoms with van der Waals surface area (Å²) in [5.41, 5.74) is -1.27. The molecule has 0 N–H and O–H groups in total. The summed E-state index contributed by atoms with van der Waals surface area (Å²) in [5, 5.41) is 0. The monoisotopic (exact) mass is 282 g/mol. The van der Waals surface area contributed by atoms with Gasteiger partial charge in [-0.25, -0.2) is 0 Å². The van der Waals surface area contributed by atoms with Crippen LogP contribution in [0.2, 0.25) is 0 Å². The van der Waals surface area contributed by atoms with Gasteiger partial charge in [-0.05, 0) is 68.2 Å². The van der Waals surface area contributed by atoms with Gasteiger partial charge in [0.1, 0.15) is 11.2 Å². The summed E-state index contributed by atoms with van der Waals surface area (Å²) < 4.78 is 12.2. The Morgan fingerprint density at radius 3 is 1.05 bits per heavy atom. The van der Waals surface area contributed by atoms with E-state index in [1.807, 2.05) is 27.7 Å². The highest BCUT2D eigenvalue weighted by Crippen LogP contribution is 2.25. The van der Waals surface area contributed by atoms with Crippen LogP contribution in [-0.4, -0.2) is 22.4 Å². The van der Waals surface area contributed by atoms with Crippen molar-refractivity contribution in [1.29, 1.82) is 0 Å². The van der Waals surface area contributed by atoms with Crippen LogP contribution < -0.4 is 0 Å². The molecule has 2 heteroatoms. The normalized spacial score (nSPS) is 13.9. The molecule has 0 radical (unpaired) electrons. The van der Waals surface area contributed by atoms with Gasteiger partial charge in [0, 0.05) is 0 Å². The van der Waals surface area contributed by atoms with Crippen LogP contribution in [0.1, 0.15) is 82.1 Å². The molecule has 2 nitrogen and oxygen atoms in total. The largest absolute Gasteiger partial charge is 0.357 e. The summed E-state index contributed by atoms with van der Waals surface area (Å²) in [6.07, 6.45) is 1.92. The molecule has 20 heavy (non-hydrogen) atoms. The minimum absolute atomic E-state index is 0.161. The standard InChI is InChI=1S/C18H34O2/c1-11-15(3,4)19-17(7,8)13-14-18(9,10)20-16(5,6)12-2/h11-12H2,1-10H3. The van der Waals surface area contributed by atoms with Crippen LogP contribution in [0.4, 0.5) is 0 Å². The average molecular weight is 282 g/mol. The van der Waals surface area contributed by atoms with Crippen molar-refractivity contribution < 1.29 is 9.47 Å². The molecular weight excluding hydrogens is 248 g/mol. The molecular formula is C18H34O2. The molecule has 0 aromatic heterocycles. The quantitative estimate of drug-likeness (QED) is 0.641. The number of rotatable bonds is 6. The van der Waals surface area contributed by atoms with Gasteiger partial charge in [0.25, 0.3) is 0 Å². The van der Waals surface area contributed by atoms with E-state index in [1.165, 1.54) is 0 Å². The SMILES string of the molecule is CCC(C)(C)OC(C)(C)C#CC(C)(C)OC(C)(C)CC. The highest BCUT2D eigenvalue weighted by atomic mass is 16.5. The molecule has 0 heterocycles. The van der Waals surface area contributed by atoms with Gasteiger partial charge < -0.3 is 9.47 Å². The van der Waals surface area contributed by atoms with Gasteiger partial charge in [-0.15, -0.1) is 0 Å². The fourth-order valence-corrected chi connectivity index (χ4v) is 1.88. The zero-order valence-corrected chi connectivity index (χ0v) is 15.2.